The van der Waals surface area contributed by atoms with E-state index in [0.29, 0.717) is 12.0 Å². The molecule has 9 heavy (non-hydrogen) atoms. The van der Waals surface area contributed by atoms with Crippen LogP contribution in [0.25, 0.3) is 0 Å². The van der Waals surface area contributed by atoms with Crippen molar-refractivity contribution in [3.05, 3.63) is 0 Å². The molecule has 1 aliphatic heterocycles. The third kappa shape index (κ3) is 1.48. The Morgan fingerprint density at radius 3 is 2.56 bits per heavy atom. The van der Waals surface area contributed by atoms with Crippen molar-refractivity contribution >= 4 is 7.85 Å². The van der Waals surface area contributed by atoms with Gasteiger partial charge in [-0.3, -0.25) is 0 Å². The largest absolute Gasteiger partial charge is 0.384 e. The van der Waals surface area contributed by atoms with Crippen molar-refractivity contribution in [1.82, 2.24) is 0 Å². The number of hydrogen-bond acceptors (Lipinski definition) is 1. The molecule has 3 atom stereocenters. The van der Waals surface area contributed by atoms with E-state index in [-0.39, 0.29) is 6.00 Å². The summed E-state index contributed by atoms with van der Waals surface area (Å²) in [7, 11) is 5.57. The highest BCUT2D eigenvalue weighted by molar-refractivity contribution is 6.11. The third-order valence-corrected chi connectivity index (χ3v) is 1.99. The third-order valence-electron chi connectivity index (χ3n) is 1.99. The summed E-state index contributed by atoms with van der Waals surface area (Å²) in [5.41, 5.74) is 0. The zero-order valence-electron chi connectivity index (χ0n) is 6.13. The van der Waals surface area contributed by atoms with E-state index < -0.39 is 0 Å². The first-order valence-corrected chi connectivity index (χ1v) is 3.65. The van der Waals surface area contributed by atoms with E-state index in [4.69, 9.17) is 12.6 Å². The molecule has 1 nitrogen and oxygen atoms in total. The van der Waals surface area contributed by atoms with E-state index in [0.717, 1.165) is 12.8 Å². The lowest BCUT2D eigenvalue weighted by Gasteiger charge is -2.10. The van der Waals surface area contributed by atoms with E-state index in [2.05, 4.69) is 13.8 Å². The van der Waals surface area contributed by atoms with Gasteiger partial charge in [0.25, 0.3) is 0 Å². The number of ether oxygens (including phenoxy) is 1. The standard InChI is InChI=1S/C7H13BO/c1-3-6-5(2)4-7(8)9-6/h5-7H,3-4H2,1-2H3/t5-,6-,7?/m1/s1. The first kappa shape index (κ1) is 7.14. The Bertz CT molecular complexity index is 94.9. The summed E-state index contributed by atoms with van der Waals surface area (Å²) < 4.78 is 5.40. The van der Waals surface area contributed by atoms with Gasteiger partial charge < -0.3 is 4.74 Å². The van der Waals surface area contributed by atoms with Crippen molar-refractivity contribution in [2.75, 3.05) is 0 Å². The fraction of sp³-hybridized carbons (Fsp3) is 1.00. The van der Waals surface area contributed by atoms with Gasteiger partial charge in [0.15, 0.2) is 0 Å². The van der Waals surface area contributed by atoms with Crippen LogP contribution in [0.4, 0.5) is 0 Å². The van der Waals surface area contributed by atoms with Gasteiger partial charge in [0.1, 0.15) is 7.85 Å². The van der Waals surface area contributed by atoms with Crippen LogP contribution in [0.15, 0.2) is 0 Å². The van der Waals surface area contributed by atoms with Gasteiger partial charge in [-0.2, -0.15) is 0 Å². The first-order valence-electron chi connectivity index (χ1n) is 3.65. The van der Waals surface area contributed by atoms with E-state index in [1.54, 1.807) is 0 Å². The Kier molecular flexibility index (Phi) is 2.17. The predicted molar refractivity (Wildman–Crippen MR) is 38.5 cm³/mol. The van der Waals surface area contributed by atoms with Crippen molar-refractivity contribution < 1.29 is 4.74 Å². The molecule has 0 aliphatic carbocycles. The second-order valence-electron chi connectivity index (χ2n) is 2.83. The topological polar surface area (TPSA) is 9.23 Å². The van der Waals surface area contributed by atoms with Gasteiger partial charge >= 0.3 is 0 Å². The molecule has 0 saturated carbocycles. The lowest BCUT2D eigenvalue weighted by Crippen LogP contribution is -2.12. The highest BCUT2D eigenvalue weighted by Crippen LogP contribution is 2.25. The Balaban J connectivity index is 2.38. The van der Waals surface area contributed by atoms with Crippen LogP contribution in [-0.2, 0) is 4.74 Å². The van der Waals surface area contributed by atoms with Gasteiger partial charge in [-0.05, 0) is 18.8 Å². The second kappa shape index (κ2) is 2.74. The molecule has 0 aromatic carbocycles. The average Bonchev–Trinajstić information content (AvgIpc) is 2.10. The molecule has 1 unspecified atom stereocenters. The maximum atomic E-state index is 5.57. The van der Waals surface area contributed by atoms with E-state index in [1.807, 2.05) is 0 Å². The summed E-state index contributed by atoms with van der Waals surface area (Å²) >= 11 is 0. The molecule has 1 fully saturated rings. The van der Waals surface area contributed by atoms with Gasteiger partial charge in [-0.25, -0.2) is 0 Å². The average molecular weight is 124 g/mol. The summed E-state index contributed by atoms with van der Waals surface area (Å²) in [5.74, 6) is 0.657. The fourth-order valence-electron chi connectivity index (χ4n) is 1.43. The van der Waals surface area contributed by atoms with Crippen LogP contribution in [0, 0.1) is 5.92 Å². The van der Waals surface area contributed by atoms with Crippen molar-refractivity contribution in [2.45, 2.75) is 38.8 Å². The zero-order chi connectivity index (χ0) is 6.85. The fourth-order valence-corrected chi connectivity index (χ4v) is 1.43. The van der Waals surface area contributed by atoms with Crippen molar-refractivity contribution in [3.63, 3.8) is 0 Å². The van der Waals surface area contributed by atoms with Gasteiger partial charge in [-0.15, -0.1) is 0 Å². The van der Waals surface area contributed by atoms with Gasteiger partial charge in [0.2, 0.25) is 0 Å². The van der Waals surface area contributed by atoms with Crippen LogP contribution in [0.1, 0.15) is 26.7 Å². The molecule has 0 spiro atoms. The molecule has 1 heterocycles. The van der Waals surface area contributed by atoms with Crippen LogP contribution in [0.2, 0.25) is 0 Å². The molecule has 0 N–H and O–H groups in total. The Morgan fingerprint density at radius 1 is 1.67 bits per heavy atom. The monoisotopic (exact) mass is 124 g/mol. The predicted octanol–water partition coefficient (Wildman–Crippen LogP) is 1.32. The molecule has 1 aliphatic rings. The summed E-state index contributed by atoms with van der Waals surface area (Å²) in [6, 6.07) is 0.00458. The summed E-state index contributed by atoms with van der Waals surface area (Å²) in [6.45, 7) is 4.33. The van der Waals surface area contributed by atoms with Crippen molar-refractivity contribution in [3.8, 4) is 0 Å². The molecule has 1 saturated heterocycles. The maximum Gasteiger partial charge on any atom is 0.109 e. The van der Waals surface area contributed by atoms with E-state index >= 15 is 0 Å². The maximum absolute atomic E-state index is 5.57. The minimum Gasteiger partial charge on any atom is -0.384 e. The summed E-state index contributed by atoms with van der Waals surface area (Å²) in [6.07, 6.45) is 2.54. The molecule has 2 radical (unpaired) electrons. The van der Waals surface area contributed by atoms with Crippen LogP contribution < -0.4 is 0 Å². The lowest BCUT2D eigenvalue weighted by molar-refractivity contribution is 0.0718. The molecular weight excluding hydrogens is 111 g/mol. The van der Waals surface area contributed by atoms with Crippen LogP contribution in [0.5, 0.6) is 0 Å². The SMILES string of the molecule is [B]C1C[C@@H](C)[C@@H](CC)O1. The minimum absolute atomic E-state index is 0.00458. The normalized spacial score (nSPS) is 43.6. The summed E-state index contributed by atoms with van der Waals surface area (Å²) in [5, 5.41) is 0. The van der Waals surface area contributed by atoms with Gasteiger partial charge in [0, 0.05) is 6.00 Å². The zero-order valence-corrected chi connectivity index (χ0v) is 6.13. The summed E-state index contributed by atoms with van der Waals surface area (Å²) in [4.78, 5) is 0. The Labute approximate surface area is 58.2 Å². The van der Waals surface area contributed by atoms with Gasteiger partial charge in [-0.1, -0.05) is 13.8 Å². The minimum atomic E-state index is 0.00458. The molecule has 0 aromatic heterocycles. The van der Waals surface area contributed by atoms with E-state index in [1.165, 1.54) is 0 Å². The molecule has 1 rings (SSSR count). The Hall–Kier alpha value is 0.0249. The van der Waals surface area contributed by atoms with Crippen molar-refractivity contribution in [1.29, 1.82) is 0 Å². The van der Waals surface area contributed by atoms with Crippen LogP contribution >= 0.6 is 0 Å². The molecule has 0 aromatic rings. The second-order valence-corrected chi connectivity index (χ2v) is 2.83. The Morgan fingerprint density at radius 2 is 2.33 bits per heavy atom. The molecule has 50 valence electrons. The molecular formula is C7H13BO. The highest BCUT2D eigenvalue weighted by Gasteiger charge is 2.26. The number of hydrogen-bond donors (Lipinski definition) is 0. The van der Waals surface area contributed by atoms with E-state index in [9.17, 15) is 0 Å². The molecule has 0 bridgehead atoms. The molecule has 2 heteroatoms. The lowest BCUT2D eigenvalue weighted by atomic mass is 9.91. The van der Waals surface area contributed by atoms with Crippen LogP contribution in [-0.4, -0.2) is 20.0 Å². The smallest absolute Gasteiger partial charge is 0.109 e. The first-order chi connectivity index (χ1) is 4.24. The molecule has 0 amide bonds. The number of rotatable bonds is 1. The van der Waals surface area contributed by atoms with Crippen LogP contribution in [0.3, 0.4) is 0 Å². The van der Waals surface area contributed by atoms with Gasteiger partial charge in [0.05, 0.1) is 6.10 Å². The quantitative estimate of drug-likeness (QED) is 0.479. The highest BCUT2D eigenvalue weighted by atomic mass is 16.5. The van der Waals surface area contributed by atoms with Crippen molar-refractivity contribution in [2.24, 2.45) is 5.92 Å².